The molecule has 1 aromatic carbocycles. The molecule has 8 nitrogen and oxygen atoms in total. The van der Waals surface area contributed by atoms with E-state index in [0.717, 1.165) is 11.1 Å². The summed E-state index contributed by atoms with van der Waals surface area (Å²) in [5.41, 5.74) is 12.9. The molecule has 0 bridgehead atoms. The smallest absolute Gasteiger partial charge is 0.224 e. The van der Waals surface area contributed by atoms with Crippen LogP contribution in [-0.2, 0) is 0 Å². The van der Waals surface area contributed by atoms with Crippen molar-refractivity contribution >= 4 is 36.3 Å². The van der Waals surface area contributed by atoms with Crippen LogP contribution in [-0.4, -0.2) is 29.9 Å². The summed E-state index contributed by atoms with van der Waals surface area (Å²) in [6, 6.07) is 7.38. The number of nitrogens with two attached hydrogens (primary N) is 2. The third-order valence-corrected chi connectivity index (χ3v) is 3.14. The highest BCUT2D eigenvalue weighted by Gasteiger charge is 2.05. The number of H-pyrrole nitrogens is 2. The molecular formula is C12H10N8S2. The van der Waals surface area contributed by atoms with Crippen LogP contribution in [0.1, 0.15) is 0 Å². The van der Waals surface area contributed by atoms with Crippen molar-refractivity contribution in [3.63, 3.8) is 0 Å². The Morgan fingerprint density at radius 3 is 1.36 bits per heavy atom. The van der Waals surface area contributed by atoms with Gasteiger partial charge in [0.05, 0.1) is 0 Å². The molecule has 0 amide bonds. The first-order valence-corrected chi connectivity index (χ1v) is 6.91. The number of nitrogens with zero attached hydrogens (tertiary/aromatic N) is 4. The Hall–Kier alpha value is -2.72. The van der Waals surface area contributed by atoms with Gasteiger partial charge in [0, 0.05) is 11.1 Å². The van der Waals surface area contributed by atoms with Gasteiger partial charge in [-0.15, -0.1) is 0 Å². The summed E-state index contributed by atoms with van der Waals surface area (Å²) in [4.78, 5) is 21.6. The van der Waals surface area contributed by atoms with Crippen molar-refractivity contribution in [1.29, 1.82) is 0 Å². The normalized spacial score (nSPS) is 10.5. The van der Waals surface area contributed by atoms with Crippen molar-refractivity contribution in [1.82, 2.24) is 29.9 Å². The molecule has 6 N–H and O–H groups in total. The highest BCUT2D eigenvalue weighted by Crippen LogP contribution is 2.20. The third-order valence-electron chi connectivity index (χ3n) is 2.77. The molecule has 22 heavy (non-hydrogen) atoms. The number of hydrogen-bond acceptors (Lipinski definition) is 8. The Morgan fingerprint density at radius 2 is 1.05 bits per heavy atom. The van der Waals surface area contributed by atoms with E-state index < -0.39 is 0 Å². The quantitative estimate of drug-likeness (QED) is 0.523. The number of anilines is 2. The molecule has 2 aromatic heterocycles. The van der Waals surface area contributed by atoms with Crippen molar-refractivity contribution < 1.29 is 0 Å². The van der Waals surface area contributed by atoms with Gasteiger partial charge in [0.25, 0.3) is 0 Å². The van der Waals surface area contributed by atoms with Gasteiger partial charge >= 0.3 is 0 Å². The number of aromatic amines is 2. The Balaban J connectivity index is 2.02. The second kappa shape index (κ2) is 5.58. The third kappa shape index (κ3) is 2.97. The molecular weight excluding hydrogens is 320 g/mol. The summed E-state index contributed by atoms with van der Waals surface area (Å²) in [6.07, 6.45) is 0. The van der Waals surface area contributed by atoms with Crippen molar-refractivity contribution in [2.45, 2.75) is 0 Å². The standard InChI is InChI=1S/C12H10N8S2/c13-9-15-7(17-11(21)19-9)5-1-2-6(4-3-5)8-16-10(14)20-12(22)18-8/h1-4H,(H3,13,15,17,19,21)(H3,14,16,18,20,22). The van der Waals surface area contributed by atoms with Gasteiger partial charge in [-0.05, 0) is 24.4 Å². The van der Waals surface area contributed by atoms with Gasteiger partial charge in [-0.1, -0.05) is 24.3 Å². The van der Waals surface area contributed by atoms with E-state index in [9.17, 15) is 0 Å². The molecule has 0 saturated heterocycles. The highest BCUT2D eigenvalue weighted by atomic mass is 32.1. The predicted octanol–water partition coefficient (Wildman–Crippen LogP) is 1.88. The van der Waals surface area contributed by atoms with Gasteiger partial charge in [0.2, 0.25) is 21.4 Å². The number of hydrogen-bond donors (Lipinski definition) is 4. The zero-order chi connectivity index (χ0) is 15.7. The maximum Gasteiger partial charge on any atom is 0.224 e. The van der Waals surface area contributed by atoms with Crippen LogP contribution in [0, 0.1) is 9.54 Å². The van der Waals surface area contributed by atoms with E-state index in [1.807, 2.05) is 24.3 Å². The minimum absolute atomic E-state index is 0.183. The lowest BCUT2D eigenvalue weighted by Gasteiger charge is -2.05. The first-order valence-electron chi connectivity index (χ1n) is 6.10. The zero-order valence-corrected chi connectivity index (χ0v) is 12.7. The molecule has 0 saturated carbocycles. The van der Waals surface area contributed by atoms with E-state index in [2.05, 4.69) is 29.9 Å². The molecule has 0 aliphatic carbocycles. The van der Waals surface area contributed by atoms with Crippen molar-refractivity contribution in [3.05, 3.63) is 33.8 Å². The summed E-state index contributed by atoms with van der Waals surface area (Å²) in [5.74, 6) is 1.51. The Morgan fingerprint density at radius 1 is 0.682 bits per heavy atom. The Kier molecular flexibility index (Phi) is 3.61. The van der Waals surface area contributed by atoms with Gasteiger partial charge in [-0.2, -0.15) is 9.97 Å². The van der Waals surface area contributed by atoms with Gasteiger partial charge in [-0.3, -0.25) is 0 Å². The average Bonchev–Trinajstić information content (AvgIpc) is 2.45. The lowest BCUT2D eigenvalue weighted by Crippen LogP contribution is -2.00. The Labute approximate surface area is 134 Å². The molecule has 0 aliphatic heterocycles. The summed E-state index contributed by atoms with van der Waals surface area (Å²) in [7, 11) is 0. The van der Waals surface area contributed by atoms with Crippen molar-refractivity contribution in [3.8, 4) is 22.8 Å². The van der Waals surface area contributed by atoms with Crippen LogP contribution in [0.2, 0.25) is 0 Å². The highest BCUT2D eigenvalue weighted by molar-refractivity contribution is 7.71. The van der Waals surface area contributed by atoms with E-state index in [1.165, 1.54) is 0 Å². The number of aromatic nitrogens is 6. The number of nitrogens with one attached hydrogen (secondary N) is 2. The second-order valence-corrected chi connectivity index (χ2v) is 5.04. The van der Waals surface area contributed by atoms with E-state index in [4.69, 9.17) is 35.9 Å². The van der Waals surface area contributed by atoms with Crippen LogP contribution in [0.4, 0.5) is 11.9 Å². The lowest BCUT2D eigenvalue weighted by atomic mass is 10.1. The van der Waals surface area contributed by atoms with Crippen LogP contribution in [0.5, 0.6) is 0 Å². The second-order valence-electron chi connectivity index (χ2n) is 4.31. The monoisotopic (exact) mass is 330 g/mol. The maximum absolute atomic E-state index is 5.63. The fourth-order valence-electron chi connectivity index (χ4n) is 1.86. The molecule has 0 atom stereocenters. The summed E-state index contributed by atoms with van der Waals surface area (Å²) < 4.78 is 0.367. The molecule has 0 spiro atoms. The first kappa shape index (κ1) is 14.2. The molecule has 110 valence electrons. The number of nitrogen functional groups attached to an aromatic ring is 2. The topological polar surface area (TPSA) is 135 Å². The molecule has 0 fully saturated rings. The molecule has 0 unspecified atom stereocenters. The fraction of sp³-hybridized carbons (Fsp3) is 0. The van der Waals surface area contributed by atoms with E-state index in [0.29, 0.717) is 11.6 Å². The number of benzene rings is 1. The minimum atomic E-state index is 0.183. The molecule has 10 heteroatoms. The lowest BCUT2D eigenvalue weighted by molar-refractivity contribution is 1.04. The van der Waals surface area contributed by atoms with E-state index >= 15 is 0 Å². The van der Waals surface area contributed by atoms with Gasteiger partial charge < -0.3 is 21.4 Å². The Bertz CT molecular complexity index is 866. The summed E-state index contributed by atoms with van der Waals surface area (Å²) in [6.45, 7) is 0. The SMILES string of the molecule is Nc1nc(=S)nc(-c2ccc(-c3nc(=S)nc(N)[nH]3)cc2)[nH]1. The average molecular weight is 330 g/mol. The van der Waals surface area contributed by atoms with E-state index in [-0.39, 0.29) is 21.4 Å². The molecule has 0 radical (unpaired) electrons. The van der Waals surface area contributed by atoms with E-state index in [1.54, 1.807) is 0 Å². The summed E-state index contributed by atoms with van der Waals surface area (Å²) in [5, 5.41) is 0. The molecule has 3 aromatic rings. The van der Waals surface area contributed by atoms with Gasteiger partial charge in [0.15, 0.2) is 0 Å². The van der Waals surface area contributed by atoms with Crippen LogP contribution in [0.3, 0.4) is 0 Å². The molecule has 2 heterocycles. The van der Waals surface area contributed by atoms with Crippen LogP contribution < -0.4 is 11.5 Å². The van der Waals surface area contributed by atoms with Crippen LogP contribution in [0.15, 0.2) is 24.3 Å². The zero-order valence-electron chi connectivity index (χ0n) is 11.1. The molecule has 3 rings (SSSR count). The largest absolute Gasteiger partial charge is 0.369 e. The van der Waals surface area contributed by atoms with Crippen LogP contribution >= 0.6 is 24.4 Å². The van der Waals surface area contributed by atoms with Crippen molar-refractivity contribution in [2.75, 3.05) is 11.5 Å². The fourth-order valence-corrected chi connectivity index (χ4v) is 2.24. The summed E-state index contributed by atoms with van der Waals surface area (Å²) >= 11 is 9.90. The van der Waals surface area contributed by atoms with Gasteiger partial charge in [0.1, 0.15) is 11.6 Å². The van der Waals surface area contributed by atoms with Gasteiger partial charge in [-0.25, -0.2) is 9.97 Å². The van der Waals surface area contributed by atoms with Crippen LogP contribution in [0.25, 0.3) is 22.8 Å². The maximum atomic E-state index is 5.63. The predicted molar refractivity (Wildman–Crippen MR) is 87.7 cm³/mol. The minimum Gasteiger partial charge on any atom is -0.369 e. The number of rotatable bonds is 2. The van der Waals surface area contributed by atoms with Crippen molar-refractivity contribution in [2.24, 2.45) is 0 Å². The molecule has 0 aliphatic rings. The first-order chi connectivity index (χ1) is 10.5.